The zero-order valence-corrected chi connectivity index (χ0v) is 21.6. The van der Waals surface area contributed by atoms with Crippen molar-refractivity contribution in [3.05, 3.63) is 83.4 Å². The van der Waals surface area contributed by atoms with Gasteiger partial charge in [0.05, 0.1) is 11.3 Å². The van der Waals surface area contributed by atoms with Gasteiger partial charge in [-0.2, -0.15) is 5.10 Å². The van der Waals surface area contributed by atoms with E-state index in [1.165, 1.54) is 6.20 Å². The standard InChI is InChI=1S/C29H27N7O3/c1-29(2)28(39)33-11-12-35(29)27(38)24-21-9-8-17-6-7-18(19-13-20(26(30)37)16-31-15-19)14-22(17)25(21)36(34-24)23-5-3-4-10-32-23/h3-7,10,13-16H,8-9,11-12H2,1-2H3,(H2,30,37)(H,33,39). The number of nitrogens with one attached hydrogen (secondary N) is 1. The molecule has 0 atom stereocenters. The Morgan fingerprint density at radius 3 is 2.67 bits per heavy atom. The summed E-state index contributed by atoms with van der Waals surface area (Å²) in [6, 6.07) is 13.3. The van der Waals surface area contributed by atoms with Gasteiger partial charge in [-0.3, -0.25) is 19.4 Å². The number of benzene rings is 1. The Kier molecular flexibility index (Phi) is 5.75. The number of aromatic nitrogens is 4. The van der Waals surface area contributed by atoms with Crippen molar-refractivity contribution in [2.75, 3.05) is 13.1 Å². The number of rotatable bonds is 4. The Hall–Kier alpha value is -4.86. The number of amides is 3. The van der Waals surface area contributed by atoms with E-state index < -0.39 is 11.4 Å². The molecule has 3 N–H and O–H groups in total. The number of aryl methyl sites for hydroxylation is 1. The lowest BCUT2D eigenvalue weighted by Crippen LogP contribution is -2.63. The minimum absolute atomic E-state index is 0.193. The number of hydrogen-bond donors (Lipinski definition) is 2. The fourth-order valence-corrected chi connectivity index (χ4v) is 5.35. The summed E-state index contributed by atoms with van der Waals surface area (Å²) >= 11 is 0. The third-order valence-corrected chi connectivity index (χ3v) is 7.51. The predicted molar refractivity (Wildman–Crippen MR) is 144 cm³/mol. The number of nitrogens with two attached hydrogens (primary N) is 1. The molecule has 6 rings (SSSR count). The number of fused-ring (bicyclic) bond motifs is 3. The summed E-state index contributed by atoms with van der Waals surface area (Å²) < 4.78 is 1.72. The van der Waals surface area contributed by atoms with Crippen LogP contribution in [-0.2, 0) is 17.6 Å². The van der Waals surface area contributed by atoms with Gasteiger partial charge in [-0.15, -0.1) is 0 Å². The molecule has 10 nitrogen and oxygen atoms in total. The Morgan fingerprint density at radius 1 is 1.05 bits per heavy atom. The number of pyridine rings is 2. The molecule has 4 heterocycles. The third-order valence-electron chi connectivity index (χ3n) is 7.51. The quantitative estimate of drug-likeness (QED) is 0.424. The first-order chi connectivity index (χ1) is 18.8. The van der Waals surface area contributed by atoms with Gasteiger partial charge >= 0.3 is 0 Å². The van der Waals surface area contributed by atoms with Gasteiger partial charge in [0.25, 0.3) is 5.91 Å². The lowest BCUT2D eigenvalue weighted by molar-refractivity contribution is -0.133. The maximum atomic E-state index is 14.0. The maximum absolute atomic E-state index is 14.0. The second kappa shape index (κ2) is 9.16. The molecule has 1 fully saturated rings. The highest BCUT2D eigenvalue weighted by molar-refractivity contribution is 6.01. The second-order valence-corrected chi connectivity index (χ2v) is 10.2. The zero-order valence-electron chi connectivity index (χ0n) is 21.6. The van der Waals surface area contributed by atoms with Crippen LogP contribution in [0.4, 0.5) is 0 Å². The van der Waals surface area contributed by atoms with E-state index >= 15 is 0 Å². The number of nitrogens with zero attached hydrogens (tertiary/aromatic N) is 5. The first-order valence-corrected chi connectivity index (χ1v) is 12.8. The van der Waals surface area contributed by atoms with E-state index in [-0.39, 0.29) is 11.8 Å². The first-order valence-electron chi connectivity index (χ1n) is 12.8. The lowest BCUT2D eigenvalue weighted by Gasteiger charge is -2.40. The maximum Gasteiger partial charge on any atom is 0.275 e. The van der Waals surface area contributed by atoms with Crippen LogP contribution in [0.1, 0.15) is 45.8 Å². The number of carbonyl (C=O) groups is 3. The van der Waals surface area contributed by atoms with Crippen LogP contribution in [-0.4, -0.2) is 61.0 Å². The summed E-state index contributed by atoms with van der Waals surface area (Å²) in [6.07, 6.45) is 6.16. The van der Waals surface area contributed by atoms with E-state index in [1.54, 1.807) is 41.9 Å². The van der Waals surface area contributed by atoms with Crippen molar-refractivity contribution < 1.29 is 14.4 Å². The molecule has 4 aromatic rings. The summed E-state index contributed by atoms with van der Waals surface area (Å²) in [4.78, 5) is 48.6. The van der Waals surface area contributed by atoms with Crippen LogP contribution >= 0.6 is 0 Å². The zero-order chi connectivity index (χ0) is 27.3. The van der Waals surface area contributed by atoms with Gasteiger partial charge < -0.3 is 16.0 Å². The molecule has 2 aliphatic rings. The monoisotopic (exact) mass is 521 g/mol. The fraction of sp³-hybridized carbons (Fsp3) is 0.241. The molecule has 10 heteroatoms. The van der Waals surface area contributed by atoms with Gasteiger partial charge in [0.15, 0.2) is 11.5 Å². The summed E-state index contributed by atoms with van der Waals surface area (Å²) in [6.45, 7) is 4.28. The number of primary amides is 1. The predicted octanol–water partition coefficient (Wildman–Crippen LogP) is 2.54. The molecular formula is C29H27N7O3. The minimum atomic E-state index is -1.00. The smallest absolute Gasteiger partial charge is 0.275 e. The van der Waals surface area contributed by atoms with Crippen molar-refractivity contribution in [1.82, 2.24) is 30.0 Å². The molecule has 0 unspecified atom stereocenters. The summed E-state index contributed by atoms with van der Waals surface area (Å²) in [5.41, 5.74) is 10.4. The van der Waals surface area contributed by atoms with Crippen LogP contribution in [0.5, 0.6) is 0 Å². The van der Waals surface area contributed by atoms with Gasteiger partial charge in [0.1, 0.15) is 5.54 Å². The largest absolute Gasteiger partial charge is 0.366 e. The average molecular weight is 522 g/mol. The first kappa shape index (κ1) is 24.5. The average Bonchev–Trinajstić information content (AvgIpc) is 3.35. The van der Waals surface area contributed by atoms with E-state index in [1.807, 2.05) is 30.3 Å². The van der Waals surface area contributed by atoms with E-state index in [9.17, 15) is 14.4 Å². The third kappa shape index (κ3) is 4.04. The van der Waals surface area contributed by atoms with Crippen LogP contribution in [0.25, 0.3) is 28.2 Å². The number of carbonyl (C=O) groups excluding carboxylic acids is 3. The molecule has 3 aromatic heterocycles. The molecular weight excluding hydrogens is 494 g/mol. The van der Waals surface area contributed by atoms with Gasteiger partial charge in [-0.1, -0.05) is 18.2 Å². The molecule has 1 aliphatic heterocycles. The van der Waals surface area contributed by atoms with Crippen LogP contribution in [0.15, 0.2) is 61.1 Å². The molecule has 0 radical (unpaired) electrons. The topological polar surface area (TPSA) is 136 Å². The van der Waals surface area contributed by atoms with Gasteiger partial charge in [0, 0.05) is 48.4 Å². The highest BCUT2D eigenvalue weighted by Crippen LogP contribution is 2.39. The summed E-state index contributed by atoms with van der Waals surface area (Å²) in [7, 11) is 0. The van der Waals surface area contributed by atoms with E-state index in [0.717, 1.165) is 39.9 Å². The SMILES string of the molecule is CC1(C)C(=O)NCCN1C(=O)c1nn(-c2ccccn2)c2c1CCc1ccc(-c3cncc(C(N)=O)c3)cc1-2. The van der Waals surface area contributed by atoms with Crippen LogP contribution in [0.3, 0.4) is 0 Å². The number of hydrogen-bond acceptors (Lipinski definition) is 6. The summed E-state index contributed by atoms with van der Waals surface area (Å²) in [5.74, 6) is -0.435. The van der Waals surface area contributed by atoms with Gasteiger partial charge in [-0.05, 0) is 62.1 Å². The minimum Gasteiger partial charge on any atom is -0.366 e. The Labute approximate surface area is 224 Å². The van der Waals surface area contributed by atoms with Crippen molar-refractivity contribution in [3.63, 3.8) is 0 Å². The molecule has 1 aliphatic carbocycles. The molecule has 1 saturated heterocycles. The number of piperazine rings is 1. The van der Waals surface area contributed by atoms with Crippen LogP contribution in [0, 0.1) is 0 Å². The van der Waals surface area contributed by atoms with Crippen molar-refractivity contribution in [1.29, 1.82) is 0 Å². The normalized spacial score (nSPS) is 15.7. The highest BCUT2D eigenvalue weighted by Gasteiger charge is 2.43. The molecule has 1 aromatic carbocycles. The van der Waals surface area contributed by atoms with Crippen LogP contribution in [0.2, 0.25) is 0 Å². The van der Waals surface area contributed by atoms with Crippen molar-refractivity contribution in [2.45, 2.75) is 32.2 Å². The van der Waals surface area contributed by atoms with E-state index in [2.05, 4.69) is 21.4 Å². The fourth-order valence-electron chi connectivity index (χ4n) is 5.35. The second-order valence-electron chi connectivity index (χ2n) is 10.2. The van der Waals surface area contributed by atoms with Crippen molar-refractivity contribution in [2.24, 2.45) is 5.73 Å². The van der Waals surface area contributed by atoms with E-state index in [4.69, 9.17) is 10.8 Å². The molecule has 196 valence electrons. The van der Waals surface area contributed by atoms with Crippen molar-refractivity contribution >= 4 is 17.7 Å². The Bertz CT molecular complexity index is 1640. The molecule has 0 bridgehead atoms. The molecule has 0 spiro atoms. The lowest BCUT2D eigenvalue weighted by atomic mass is 9.86. The highest BCUT2D eigenvalue weighted by atomic mass is 16.2. The van der Waals surface area contributed by atoms with Gasteiger partial charge in [-0.25, -0.2) is 9.67 Å². The molecule has 0 saturated carbocycles. The van der Waals surface area contributed by atoms with Crippen molar-refractivity contribution in [3.8, 4) is 28.2 Å². The van der Waals surface area contributed by atoms with E-state index in [0.29, 0.717) is 36.6 Å². The van der Waals surface area contributed by atoms with Gasteiger partial charge in [0.2, 0.25) is 11.8 Å². The molecule has 3 amide bonds. The molecule has 39 heavy (non-hydrogen) atoms. The Balaban J connectivity index is 1.53. The Morgan fingerprint density at radius 2 is 1.90 bits per heavy atom. The van der Waals surface area contributed by atoms with Crippen LogP contribution < -0.4 is 11.1 Å². The summed E-state index contributed by atoms with van der Waals surface area (Å²) in [5, 5.41) is 7.67.